The van der Waals surface area contributed by atoms with E-state index in [-0.39, 0.29) is 58.4 Å². The van der Waals surface area contributed by atoms with E-state index in [1.807, 2.05) is 27.7 Å². The molecule has 0 heterocycles. The standard InChI is InChI=1S/C23H26Cl2O4/c1-22(2)8-15(26)20(16(27)9-22)19(13-6-5-12(24)7-14(13)25)21-17(28)10-23(3,4)11-18(21)29/h5-7,19-20,28H,8-11H2,1-4H3/t19-/m0/s1. The van der Waals surface area contributed by atoms with Crippen molar-refractivity contribution in [1.29, 1.82) is 0 Å². The van der Waals surface area contributed by atoms with Crippen LogP contribution in [0.1, 0.15) is 64.9 Å². The summed E-state index contributed by atoms with van der Waals surface area (Å²) in [4.78, 5) is 39.3. The van der Waals surface area contributed by atoms with Gasteiger partial charge in [0.05, 0.1) is 5.92 Å². The van der Waals surface area contributed by atoms with Crippen molar-refractivity contribution in [2.45, 2.75) is 59.3 Å². The third-order valence-corrected chi connectivity index (χ3v) is 6.40. The average molecular weight is 437 g/mol. The molecule has 1 aromatic carbocycles. The van der Waals surface area contributed by atoms with Gasteiger partial charge in [-0.3, -0.25) is 14.4 Å². The van der Waals surface area contributed by atoms with Gasteiger partial charge in [0.2, 0.25) is 0 Å². The normalized spacial score (nSPS) is 23.4. The predicted molar refractivity (Wildman–Crippen MR) is 113 cm³/mol. The lowest BCUT2D eigenvalue weighted by Crippen LogP contribution is -2.43. The first kappa shape index (κ1) is 22.0. The zero-order chi connectivity index (χ0) is 21.7. The van der Waals surface area contributed by atoms with E-state index in [2.05, 4.69) is 0 Å². The number of carbonyl (C=O) groups is 3. The Morgan fingerprint density at radius 1 is 0.931 bits per heavy atom. The van der Waals surface area contributed by atoms with Crippen molar-refractivity contribution < 1.29 is 19.5 Å². The Bertz CT molecular complexity index is 907. The lowest BCUT2D eigenvalue weighted by molar-refractivity contribution is -0.140. The molecule has 0 spiro atoms. The smallest absolute Gasteiger partial charge is 0.163 e. The summed E-state index contributed by atoms with van der Waals surface area (Å²) >= 11 is 12.5. The Morgan fingerprint density at radius 3 is 2.00 bits per heavy atom. The highest BCUT2D eigenvalue weighted by Crippen LogP contribution is 2.48. The molecule has 156 valence electrons. The number of benzene rings is 1. The van der Waals surface area contributed by atoms with Crippen LogP contribution in [0, 0.1) is 16.7 Å². The van der Waals surface area contributed by atoms with Gasteiger partial charge in [0.25, 0.3) is 0 Å². The van der Waals surface area contributed by atoms with Crippen molar-refractivity contribution >= 4 is 40.6 Å². The maximum Gasteiger partial charge on any atom is 0.163 e. The number of allylic oxidation sites excluding steroid dienone is 2. The summed E-state index contributed by atoms with van der Waals surface area (Å²) in [5.74, 6) is -2.70. The molecule has 1 N–H and O–H groups in total. The zero-order valence-corrected chi connectivity index (χ0v) is 18.7. The second-order valence-electron chi connectivity index (χ2n) is 9.87. The second-order valence-corrected chi connectivity index (χ2v) is 10.7. The van der Waals surface area contributed by atoms with E-state index in [4.69, 9.17) is 23.2 Å². The van der Waals surface area contributed by atoms with Crippen LogP contribution in [0.15, 0.2) is 29.5 Å². The van der Waals surface area contributed by atoms with Crippen molar-refractivity contribution in [2.75, 3.05) is 0 Å². The molecule has 0 bridgehead atoms. The molecule has 29 heavy (non-hydrogen) atoms. The number of ketones is 3. The van der Waals surface area contributed by atoms with Crippen molar-refractivity contribution in [3.63, 3.8) is 0 Å². The fourth-order valence-corrected chi connectivity index (χ4v) is 5.21. The Kier molecular flexibility index (Phi) is 5.74. The van der Waals surface area contributed by atoms with E-state index in [1.54, 1.807) is 12.1 Å². The van der Waals surface area contributed by atoms with Gasteiger partial charge in [-0.05, 0) is 28.5 Å². The molecule has 0 amide bonds. The minimum absolute atomic E-state index is 0.0623. The molecule has 1 saturated carbocycles. The van der Waals surface area contributed by atoms with Gasteiger partial charge in [0.1, 0.15) is 17.3 Å². The highest BCUT2D eigenvalue weighted by atomic mass is 35.5. The van der Waals surface area contributed by atoms with Gasteiger partial charge < -0.3 is 5.11 Å². The number of hydrogen-bond acceptors (Lipinski definition) is 4. The number of carbonyl (C=O) groups excluding carboxylic acids is 3. The molecule has 4 nitrogen and oxygen atoms in total. The van der Waals surface area contributed by atoms with Crippen LogP contribution >= 0.6 is 23.2 Å². The molecule has 0 radical (unpaired) electrons. The maximum absolute atomic E-state index is 13.1. The Balaban J connectivity index is 2.20. The van der Waals surface area contributed by atoms with E-state index in [1.165, 1.54) is 6.07 Å². The summed E-state index contributed by atoms with van der Waals surface area (Å²) in [6.07, 6.45) is 1.00. The van der Waals surface area contributed by atoms with Gasteiger partial charge in [0, 0.05) is 47.2 Å². The van der Waals surface area contributed by atoms with Gasteiger partial charge in [-0.1, -0.05) is 57.0 Å². The quantitative estimate of drug-likeness (QED) is 0.602. The molecule has 1 aromatic rings. The highest BCUT2D eigenvalue weighted by Gasteiger charge is 2.48. The van der Waals surface area contributed by atoms with E-state index in [0.29, 0.717) is 17.0 Å². The van der Waals surface area contributed by atoms with Crippen molar-refractivity contribution in [1.82, 2.24) is 0 Å². The number of aliphatic hydroxyl groups excluding tert-OH is 1. The topological polar surface area (TPSA) is 71.4 Å². The summed E-state index contributed by atoms with van der Waals surface area (Å²) in [7, 11) is 0. The van der Waals surface area contributed by atoms with E-state index >= 15 is 0 Å². The summed E-state index contributed by atoms with van der Waals surface area (Å²) in [5, 5.41) is 11.5. The molecule has 1 atom stereocenters. The van der Waals surface area contributed by atoms with Gasteiger partial charge in [-0.2, -0.15) is 0 Å². The monoisotopic (exact) mass is 436 g/mol. The first-order valence-corrected chi connectivity index (χ1v) is 10.5. The fourth-order valence-electron chi connectivity index (χ4n) is 4.69. The molecule has 6 heteroatoms. The third kappa shape index (κ3) is 4.44. The van der Waals surface area contributed by atoms with Crippen molar-refractivity contribution in [3.8, 4) is 0 Å². The van der Waals surface area contributed by atoms with Crippen molar-refractivity contribution in [2.24, 2.45) is 16.7 Å². The minimum Gasteiger partial charge on any atom is -0.512 e. The second kappa shape index (κ2) is 7.55. The molecular weight excluding hydrogens is 411 g/mol. The Labute approximate surface area is 181 Å². The number of hydrogen-bond donors (Lipinski definition) is 1. The largest absolute Gasteiger partial charge is 0.512 e. The van der Waals surface area contributed by atoms with E-state index in [0.717, 1.165) is 0 Å². The van der Waals surface area contributed by atoms with Crippen molar-refractivity contribution in [3.05, 3.63) is 45.1 Å². The van der Waals surface area contributed by atoms with Gasteiger partial charge in [0.15, 0.2) is 5.78 Å². The first-order chi connectivity index (χ1) is 13.3. The Hall–Kier alpha value is -1.65. The lowest BCUT2D eigenvalue weighted by Gasteiger charge is -2.39. The third-order valence-electron chi connectivity index (χ3n) is 5.84. The SMILES string of the molecule is CC1(C)CC(=O)C([C@@H](C2=C(O)CC(C)(C)CC2=O)c2ccc(Cl)cc2Cl)C(=O)C1. The van der Waals surface area contributed by atoms with Crippen LogP contribution in [0.4, 0.5) is 0 Å². The predicted octanol–water partition coefficient (Wildman–Crippen LogP) is 5.85. The average Bonchev–Trinajstić information content (AvgIpc) is 2.50. The van der Waals surface area contributed by atoms with Gasteiger partial charge in [-0.15, -0.1) is 0 Å². The molecule has 0 aromatic heterocycles. The molecule has 2 aliphatic carbocycles. The van der Waals surface area contributed by atoms with E-state index in [9.17, 15) is 19.5 Å². The van der Waals surface area contributed by atoms with Crippen LogP contribution in [0.5, 0.6) is 0 Å². The van der Waals surface area contributed by atoms with Crippen LogP contribution < -0.4 is 0 Å². The lowest BCUT2D eigenvalue weighted by atomic mass is 9.62. The van der Waals surface area contributed by atoms with E-state index < -0.39 is 17.3 Å². The van der Waals surface area contributed by atoms with Crippen LogP contribution in [0.25, 0.3) is 0 Å². The molecular formula is C23H26Cl2O4. The Morgan fingerprint density at radius 2 is 1.48 bits per heavy atom. The molecule has 3 rings (SSSR count). The molecule has 1 fully saturated rings. The maximum atomic E-state index is 13.1. The van der Waals surface area contributed by atoms with Crippen LogP contribution in [-0.4, -0.2) is 22.5 Å². The molecule has 0 unspecified atom stereocenters. The number of halogens is 2. The van der Waals surface area contributed by atoms with Gasteiger partial charge >= 0.3 is 0 Å². The molecule has 2 aliphatic rings. The van der Waals surface area contributed by atoms with Crippen LogP contribution in [0.2, 0.25) is 10.0 Å². The first-order valence-electron chi connectivity index (χ1n) is 9.77. The number of aliphatic hydroxyl groups is 1. The summed E-state index contributed by atoms with van der Waals surface area (Å²) in [6, 6.07) is 4.79. The fraction of sp³-hybridized carbons (Fsp3) is 0.522. The summed E-state index contributed by atoms with van der Waals surface area (Å²) in [5.41, 5.74) is -0.202. The molecule has 0 saturated heterocycles. The molecule has 0 aliphatic heterocycles. The highest BCUT2D eigenvalue weighted by molar-refractivity contribution is 6.35. The number of rotatable bonds is 3. The summed E-state index contributed by atoms with van der Waals surface area (Å²) in [6.45, 7) is 7.58. The number of Topliss-reactive ketones (excluding diaryl/α,β-unsaturated/α-hetero) is 3. The van der Waals surface area contributed by atoms with Gasteiger partial charge in [-0.25, -0.2) is 0 Å². The summed E-state index contributed by atoms with van der Waals surface area (Å²) < 4.78 is 0. The minimum atomic E-state index is -1.04. The zero-order valence-electron chi connectivity index (χ0n) is 17.1. The van der Waals surface area contributed by atoms with Crippen LogP contribution in [-0.2, 0) is 14.4 Å². The van der Waals surface area contributed by atoms with Crippen LogP contribution in [0.3, 0.4) is 0 Å².